The zero-order chi connectivity index (χ0) is 15.6. The Balaban J connectivity index is 1.49. The highest BCUT2D eigenvalue weighted by Gasteiger charge is 2.35. The molecule has 0 amide bonds. The molecule has 126 valence electrons. The molecule has 0 heterocycles. The Bertz CT molecular complexity index is 338. The van der Waals surface area contributed by atoms with Gasteiger partial charge in [-0.25, -0.2) is 4.79 Å². The highest BCUT2D eigenvalue weighted by atomic mass is 16.5. The van der Waals surface area contributed by atoms with Gasteiger partial charge < -0.3 is 9.47 Å². The van der Waals surface area contributed by atoms with Crippen LogP contribution in [0.25, 0.3) is 0 Å². The maximum Gasteiger partial charge on any atom is 0.330 e. The zero-order valence-electron chi connectivity index (χ0n) is 13.9. The summed E-state index contributed by atoms with van der Waals surface area (Å²) in [5.74, 6) is 1.48. The zero-order valence-corrected chi connectivity index (χ0v) is 13.9. The lowest BCUT2D eigenvalue weighted by Crippen LogP contribution is -2.36. The molecule has 22 heavy (non-hydrogen) atoms. The minimum Gasteiger partial charge on any atom is -0.463 e. The second-order valence-corrected chi connectivity index (χ2v) is 6.83. The second-order valence-electron chi connectivity index (χ2n) is 6.83. The normalized spacial score (nSPS) is 27.9. The fourth-order valence-corrected chi connectivity index (χ4v) is 4.11. The van der Waals surface area contributed by atoms with Crippen LogP contribution < -0.4 is 0 Å². The van der Waals surface area contributed by atoms with Crippen molar-refractivity contribution in [3.63, 3.8) is 0 Å². The summed E-state index contributed by atoms with van der Waals surface area (Å²) < 4.78 is 11.2. The maximum atomic E-state index is 10.9. The summed E-state index contributed by atoms with van der Waals surface area (Å²) in [5.41, 5.74) is 0. The van der Waals surface area contributed by atoms with Gasteiger partial charge in [0.1, 0.15) is 0 Å². The number of rotatable bonds is 9. The molecule has 2 fully saturated rings. The molecule has 2 aliphatic carbocycles. The first-order chi connectivity index (χ1) is 10.8. The van der Waals surface area contributed by atoms with Crippen molar-refractivity contribution in [3.05, 3.63) is 12.7 Å². The average Bonchev–Trinajstić information content (AvgIpc) is 2.57. The van der Waals surface area contributed by atoms with E-state index < -0.39 is 0 Å². The van der Waals surface area contributed by atoms with Crippen LogP contribution in [0.3, 0.4) is 0 Å². The molecule has 3 heteroatoms. The minimum absolute atomic E-state index is 0.317. The van der Waals surface area contributed by atoms with Crippen LogP contribution in [0.5, 0.6) is 0 Å². The van der Waals surface area contributed by atoms with Gasteiger partial charge in [-0.15, -0.1) is 0 Å². The maximum absolute atomic E-state index is 10.9. The first-order valence-corrected chi connectivity index (χ1v) is 9.22. The van der Waals surface area contributed by atoms with E-state index in [4.69, 9.17) is 9.47 Å². The van der Waals surface area contributed by atoms with E-state index in [-0.39, 0.29) is 5.97 Å². The minimum atomic E-state index is -0.317. The summed E-state index contributed by atoms with van der Waals surface area (Å²) in [6.45, 7) is 4.80. The first-order valence-electron chi connectivity index (χ1n) is 9.22. The number of hydrogen-bond acceptors (Lipinski definition) is 3. The van der Waals surface area contributed by atoms with E-state index in [0.29, 0.717) is 12.7 Å². The molecule has 0 bridgehead atoms. The van der Waals surface area contributed by atoms with Crippen LogP contribution in [0.1, 0.15) is 70.6 Å². The van der Waals surface area contributed by atoms with Crippen molar-refractivity contribution in [2.45, 2.75) is 76.7 Å². The lowest BCUT2D eigenvalue weighted by molar-refractivity contribution is -0.137. The summed E-state index contributed by atoms with van der Waals surface area (Å²) in [6, 6.07) is 0. The number of unbranched alkanes of at least 4 members (excludes halogenated alkanes) is 3. The van der Waals surface area contributed by atoms with Gasteiger partial charge in [-0.3, -0.25) is 0 Å². The molecule has 2 aliphatic rings. The van der Waals surface area contributed by atoms with Crippen LogP contribution in [0.4, 0.5) is 0 Å². The van der Waals surface area contributed by atoms with E-state index in [1.807, 2.05) is 0 Å². The summed E-state index contributed by atoms with van der Waals surface area (Å²) >= 11 is 0. The Hall–Kier alpha value is -0.830. The Kier molecular flexibility index (Phi) is 8.00. The number of esters is 1. The molecule has 2 saturated carbocycles. The largest absolute Gasteiger partial charge is 0.463 e. The summed E-state index contributed by atoms with van der Waals surface area (Å²) in [7, 11) is 0. The third-order valence-corrected chi connectivity index (χ3v) is 5.29. The molecule has 0 aliphatic heterocycles. The fraction of sp³-hybridized carbons (Fsp3) is 0.842. The monoisotopic (exact) mass is 308 g/mol. The lowest BCUT2D eigenvalue weighted by Gasteiger charge is -2.41. The predicted molar refractivity (Wildman–Crippen MR) is 88.7 cm³/mol. The SMILES string of the molecule is C=CC(=O)OCCCCCCOC1CCCC2CCCCC21. The molecule has 0 N–H and O–H groups in total. The van der Waals surface area contributed by atoms with Gasteiger partial charge in [-0.2, -0.15) is 0 Å². The van der Waals surface area contributed by atoms with Gasteiger partial charge in [0.05, 0.1) is 12.7 Å². The molecule has 0 aromatic heterocycles. The van der Waals surface area contributed by atoms with Crippen molar-refractivity contribution in [2.75, 3.05) is 13.2 Å². The number of fused-ring (bicyclic) bond motifs is 1. The third-order valence-electron chi connectivity index (χ3n) is 5.29. The Labute approximate surface area is 135 Å². The molecule has 3 atom stereocenters. The highest BCUT2D eigenvalue weighted by Crippen LogP contribution is 2.41. The van der Waals surface area contributed by atoms with Gasteiger partial charge in [-0.05, 0) is 50.4 Å². The predicted octanol–water partition coefficient (Wildman–Crippen LogP) is 4.65. The summed E-state index contributed by atoms with van der Waals surface area (Å²) in [5, 5.41) is 0. The Morgan fingerprint density at radius 2 is 1.68 bits per heavy atom. The fourth-order valence-electron chi connectivity index (χ4n) is 4.11. The van der Waals surface area contributed by atoms with Gasteiger partial charge in [0.15, 0.2) is 0 Å². The van der Waals surface area contributed by atoms with Crippen LogP contribution in [0, 0.1) is 11.8 Å². The van der Waals surface area contributed by atoms with E-state index in [0.717, 1.165) is 44.1 Å². The van der Waals surface area contributed by atoms with Crippen molar-refractivity contribution in [1.82, 2.24) is 0 Å². The summed E-state index contributed by atoms with van der Waals surface area (Å²) in [4.78, 5) is 10.9. The lowest BCUT2D eigenvalue weighted by atomic mass is 9.69. The molecule has 3 unspecified atom stereocenters. The number of carbonyl (C=O) groups excluding carboxylic acids is 1. The third kappa shape index (κ3) is 5.75. The summed E-state index contributed by atoms with van der Waals surface area (Å²) in [6.07, 6.45) is 15.8. The van der Waals surface area contributed by atoms with Gasteiger partial charge in [0.25, 0.3) is 0 Å². The van der Waals surface area contributed by atoms with Crippen molar-refractivity contribution >= 4 is 5.97 Å². The number of carbonyl (C=O) groups is 1. The standard InChI is InChI=1S/C19H32O3/c1-2-19(20)22-15-8-4-3-7-14-21-18-13-9-11-16-10-5-6-12-17(16)18/h2,16-18H,1,3-15H2. The number of ether oxygens (including phenoxy) is 2. The van der Waals surface area contributed by atoms with Gasteiger partial charge in [0, 0.05) is 12.7 Å². The molecule has 0 radical (unpaired) electrons. The molecular weight excluding hydrogens is 276 g/mol. The topological polar surface area (TPSA) is 35.5 Å². The van der Waals surface area contributed by atoms with Crippen LogP contribution in [0.15, 0.2) is 12.7 Å². The van der Waals surface area contributed by atoms with Crippen molar-refractivity contribution in [2.24, 2.45) is 11.8 Å². The van der Waals surface area contributed by atoms with Gasteiger partial charge in [-0.1, -0.05) is 38.7 Å². The van der Waals surface area contributed by atoms with E-state index in [2.05, 4.69) is 6.58 Å². The van der Waals surface area contributed by atoms with Crippen molar-refractivity contribution in [3.8, 4) is 0 Å². The van der Waals surface area contributed by atoms with Gasteiger partial charge in [0.2, 0.25) is 0 Å². The highest BCUT2D eigenvalue weighted by molar-refractivity contribution is 5.81. The van der Waals surface area contributed by atoms with E-state index in [9.17, 15) is 4.79 Å². The first kappa shape index (κ1) is 17.5. The van der Waals surface area contributed by atoms with Crippen molar-refractivity contribution in [1.29, 1.82) is 0 Å². The Morgan fingerprint density at radius 1 is 0.955 bits per heavy atom. The smallest absolute Gasteiger partial charge is 0.330 e. The van der Waals surface area contributed by atoms with Crippen LogP contribution in [0.2, 0.25) is 0 Å². The van der Waals surface area contributed by atoms with Crippen LogP contribution >= 0.6 is 0 Å². The Morgan fingerprint density at radius 3 is 2.50 bits per heavy atom. The average molecular weight is 308 g/mol. The van der Waals surface area contributed by atoms with E-state index in [1.54, 1.807) is 0 Å². The second kappa shape index (κ2) is 10.0. The van der Waals surface area contributed by atoms with Crippen LogP contribution in [-0.4, -0.2) is 25.3 Å². The molecule has 0 aromatic rings. The molecular formula is C19H32O3. The number of hydrogen-bond donors (Lipinski definition) is 0. The van der Waals surface area contributed by atoms with Crippen LogP contribution in [-0.2, 0) is 14.3 Å². The molecule has 0 aromatic carbocycles. The van der Waals surface area contributed by atoms with E-state index in [1.165, 1.54) is 51.0 Å². The van der Waals surface area contributed by atoms with Crippen molar-refractivity contribution < 1.29 is 14.3 Å². The van der Waals surface area contributed by atoms with E-state index >= 15 is 0 Å². The van der Waals surface area contributed by atoms with Gasteiger partial charge >= 0.3 is 5.97 Å². The quantitative estimate of drug-likeness (QED) is 0.353. The molecule has 0 spiro atoms. The molecule has 3 nitrogen and oxygen atoms in total. The molecule has 0 saturated heterocycles. The molecule has 2 rings (SSSR count).